The van der Waals surface area contributed by atoms with Crippen molar-refractivity contribution in [1.82, 2.24) is 16.0 Å². The van der Waals surface area contributed by atoms with Gasteiger partial charge in [0.25, 0.3) is 0 Å². The number of aliphatic carboxylic acids is 1. The summed E-state index contributed by atoms with van der Waals surface area (Å²) in [7, 11) is 0. The Bertz CT molecular complexity index is 748. The van der Waals surface area contributed by atoms with Crippen LogP contribution in [0.15, 0.2) is 4.99 Å². The van der Waals surface area contributed by atoms with Crippen molar-refractivity contribution in [2.24, 2.45) is 34.0 Å². The molecule has 0 aliphatic rings. The lowest BCUT2D eigenvalue weighted by molar-refractivity contribution is -0.143. The molecule has 208 valence electrons. The molecule has 10 N–H and O–H groups in total. The molecule has 0 fully saturated rings. The molecule has 3 amide bonds. The Morgan fingerprint density at radius 1 is 0.889 bits per heavy atom. The minimum atomic E-state index is -1.14. The van der Waals surface area contributed by atoms with Crippen LogP contribution in [0.3, 0.4) is 0 Å². The topological polar surface area (TPSA) is 215 Å². The molecule has 6 atom stereocenters. The van der Waals surface area contributed by atoms with Crippen molar-refractivity contribution in [3.05, 3.63) is 0 Å². The van der Waals surface area contributed by atoms with Gasteiger partial charge in [-0.05, 0) is 43.1 Å². The lowest BCUT2D eigenvalue weighted by Gasteiger charge is -2.27. The van der Waals surface area contributed by atoms with Gasteiger partial charge in [-0.15, -0.1) is 0 Å². The summed E-state index contributed by atoms with van der Waals surface area (Å²) in [5.74, 6) is -2.69. The third kappa shape index (κ3) is 12.4. The molecule has 13 heteroatoms. The van der Waals surface area contributed by atoms with E-state index in [0.29, 0.717) is 25.0 Å². The van der Waals surface area contributed by atoms with Crippen LogP contribution in [0.2, 0.25) is 0 Å². The Hall–Kier alpha value is -2.54. The fraction of sp³-hybridized carbons (Fsp3) is 0.783. The SMILES string of the molecule is CCC(C)C(N)C(=O)NC(CCCN=C(N)N)C(=O)NC(CCSC)C(=O)NC(C(=O)O)C(C)CC. The summed E-state index contributed by atoms with van der Waals surface area (Å²) < 4.78 is 0. The Kier molecular flexibility index (Phi) is 16.6. The first kappa shape index (κ1) is 33.5. The number of carbonyl (C=O) groups excluding carboxylic acids is 3. The molecule has 0 saturated carbocycles. The molecule has 0 aromatic rings. The van der Waals surface area contributed by atoms with Gasteiger partial charge in [0.15, 0.2) is 5.96 Å². The normalized spacial score (nSPS) is 15.9. The van der Waals surface area contributed by atoms with Crippen LogP contribution < -0.4 is 33.2 Å². The molecule has 0 spiro atoms. The molecule has 0 aliphatic heterocycles. The van der Waals surface area contributed by atoms with Gasteiger partial charge >= 0.3 is 5.97 Å². The number of carbonyl (C=O) groups is 4. The monoisotopic (exact) mass is 531 g/mol. The van der Waals surface area contributed by atoms with Gasteiger partial charge in [0.2, 0.25) is 17.7 Å². The molecule has 0 bridgehead atoms. The van der Waals surface area contributed by atoms with Crippen LogP contribution in [-0.4, -0.2) is 77.5 Å². The van der Waals surface area contributed by atoms with Crippen molar-refractivity contribution in [3.8, 4) is 0 Å². The summed E-state index contributed by atoms with van der Waals surface area (Å²) in [5, 5.41) is 17.5. The summed E-state index contributed by atoms with van der Waals surface area (Å²) in [5.41, 5.74) is 16.7. The molecule has 0 heterocycles. The molecule has 0 rings (SSSR count). The first-order chi connectivity index (χ1) is 16.9. The number of rotatable bonds is 18. The number of nitrogens with two attached hydrogens (primary N) is 3. The fourth-order valence-corrected chi connectivity index (χ4v) is 3.74. The van der Waals surface area contributed by atoms with Gasteiger partial charge in [-0.3, -0.25) is 19.4 Å². The number of nitrogens with zero attached hydrogens (tertiary/aromatic N) is 1. The third-order valence-corrected chi connectivity index (χ3v) is 6.80. The number of thioether (sulfide) groups is 1. The molecule has 0 aliphatic carbocycles. The first-order valence-electron chi connectivity index (χ1n) is 12.3. The third-order valence-electron chi connectivity index (χ3n) is 6.16. The van der Waals surface area contributed by atoms with Gasteiger partial charge < -0.3 is 38.3 Å². The van der Waals surface area contributed by atoms with E-state index in [0.717, 1.165) is 0 Å². The molecule has 0 aromatic heterocycles. The molecule has 12 nitrogen and oxygen atoms in total. The summed E-state index contributed by atoms with van der Waals surface area (Å²) >= 11 is 1.49. The summed E-state index contributed by atoms with van der Waals surface area (Å²) in [4.78, 5) is 54.4. The van der Waals surface area contributed by atoms with E-state index in [4.69, 9.17) is 17.2 Å². The molecule has 0 saturated heterocycles. The van der Waals surface area contributed by atoms with E-state index < -0.39 is 47.9 Å². The Labute approximate surface area is 218 Å². The quantitative estimate of drug-likeness (QED) is 0.0704. The second-order valence-corrected chi connectivity index (χ2v) is 9.96. The van der Waals surface area contributed by atoms with Crippen molar-refractivity contribution in [2.45, 2.75) is 84.0 Å². The minimum Gasteiger partial charge on any atom is -0.480 e. The van der Waals surface area contributed by atoms with Crippen LogP contribution in [0.1, 0.15) is 59.8 Å². The number of aliphatic imine (C=N–C) groups is 1. The van der Waals surface area contributed by atoms with E-state index in [-0.39, 0.29) is 37.2 Å². The summed E-state index contributed by atoms with van der Waals surface area (Å²) in [6.45, 7) is 7.58. The highest BCUT2D eigenvalue weighted by molar-refractivity contribution is 7.98. The number of hydrogen-bond acceptors (Lipinski definition) is 7. The second kappa shape index (κ2) is 17.8. The van der Waals surface area contributed by atoms with Gasteiger partial charge in [-0.2, -0.15) is 11.8 Å². The molecule has 36 heavy (non-hydrogen) atoms. The average Bonchev–Trinajstić information content (AvgIpc) is 2.84. The van der Waals surface area contributed by atoms with Crippen LogP contribution >= 0.6 is 11.8 Å². The number of carboxylic acids is 1. The number of nitrogens with one attached hydrogen (secondary N) is 3. The fourth-order valence-electron chi connectivity index (χ4n) is 3.27. The van der Waals surface area contributed by atoms with Crippen LogP contribution in [0.4, 0.5) is 0 Å². The zero-order valence-corrected chi connectivity index (χ0v) is 22.9. The Morgan fingerprint density at radius 2 is 1.42 bits per heavy atom. The number of hydrogen-bond donors (Lipinski definition) is 7. The van der Waals surface area contributed by atoms with E-state index in [1.54, 1.807) is 6.92 Å². The number of guanidine groups is 1. The van der Waals surface area contributed by atoms with E-state index in [2.05, 4.69) is 20.9 Å². The molecule has 6 unspecified atom stereocenters. The van der Waals surface area contributed by atoms with Crippen LogP contribution in [0.25, 0.3) is 0 Å². The molecule has 0 radical (unpaired) electrons. The van der Waals surface area contributed by atoms with E-state index >= 15 is 0 Å². The highest BCUT2D eigenvalue weighted by atomic mass is 32.2. The average molecular weight is 532 g/mol. The van der Waals surface area contributed by atoms with Crippen molar-refractivity contribution in [3.63, 3.8) is 0 Å². The van der Waals surface area contributed by atoms with Crippen molar-refractivity contribution >= 4 is 41.4 Å². The largest absolute Gasteiger partial charge is 0.480 e. The van der Waals surface area contributed by atoms with Gasteiger partial charge in [-0.25, -0.2) is 4.79 Å². The van der Waals surface area contributed by atoms with Crippen molar-refractivity contribution in [2.75, 3.05) is 18.6 Å². The number of amides is 3. The summed E-state index contributed by atoms with van der Waals surface area (Å²) in [6.07, 6.45) is 3.99. The standard InChI is InChI=1S/C23H45N7O5S/c1-6-13(3)17(24)21(33)29-15(9-8-11-27-23(25)26)19(31)28-16(10-12-36-5)20(32)30-18(22(34)35)14(4)7-2/h13-18H,6-12,24H2,1-5H3,(H,28,31)(H,29,33)(H,30,32)(H,34,35)(H4,25,26,27). The number of carboxylic acid groups (broad SMARTS) is 1. The van der Waals surface area contributed by atoms with Crippen molar-refractivity contribution < 1.29 is 24.3 Å². The first-order valence-corrected chi connectivity index (χ1v) is 13.7. The van der Waals surface area contributed by atoms with Gasteiger partial charge in [0.1, 0.15) is 18.1 Å². The van der Waals surface area contributed by atoms with Crippen LogP contribution in [0.5, 0.6) is 0 Å². The maximum absolute atomic E-state index is 13.2. The lowest BCUT2D eigenvalue weighted by atomic mass is 9.98. The van der Waals surface area contributed by atoms with E-state index in [1.807, 2.05) is 27.0 Å². The van der Waals surface area contributed by atoms with E-state index in [1.165, 1.54) is 11.8 Å². The van der Waals surface area contributed by atoms with Crippen molar-refractivity contribution in [1.29, 1.82) is 0 Å². The maximum Gasteiger partial charge on any atom is 0.326 e. The predicted molar refractivity (Wildman–Crippen MR) is 143 cm³/mol. The Balaban J connectivity index is 5.65. The summed E-state index contributed by atoms with van der Waals surface area (Å²) in [6, 6.07) is -3.84. The van der Waals surface area contributed by atoms with Crippen LogP contribution in [0, 0.1) is 11.8 Å². The van der Waals surface area contributed by atoms with Gasteiger partial charge in [-0.1, -0.05) is 40.5 Å². The molecule has 0 aromatic carbocycles. The Morgan fingerprint density at radius 3 is 1.92 bits per heavy atom. The zero-order chi connectivity index (χ0) is 27.8. The zero-order valence-electron chi connectivity index (χ0n) is 22.1. The molecular weight excluding hydrogens is 486 g/mol. The lowest BCUT2D eigenvalue weighted by Crippen LogP contribution is -2.58. The predicted octanol–water partition coefficient (Wildman–Crippen LogP) is -0.248. The highest BCUT2D eigenvalue weighted by Gasteiger charge is 2.32. The molecular formula is C23H45N7O5S. The van der Waals surface area contributed by atoms with E-state index in [9.17, 15) is 24.3 Å². The minimum absolute atomic E-state index is 0.0816. The smallest absolute Gasteiger partial charge is 0.326 e. The maximum atomic E-state index is 13.2. The van der Waals surface area contributed by atoms with Crippen LogP contribution in [-0.2, 0) is 19.2 Å². The highest BCUT2D eigenvalue weighted by Crippen LogP contribution is 2.11. The second-order valence-electron chi connectivity index (χ2n) is 8.97. The van der Waals surface area contributed by atoms with Gasteiger partial charge in [0.05, 0.1) is 6.04 Å². The van der Waals surface area contributed by atoms with Gasteiger partial charge in [0, 0.05) is 6.54 Å².